The van der Waals surface area contributed by atoms with E-state index >= 15 is 0 Å². The molecule has 0 bridgehead atoms. The van der Waals surface area contributed by atoms with Crippen LogP contribution in [0.25, 0.3) is 0 Å². The number of benzene rings is 1. The molecule has 0 amide bonds. The summed E-state index contributed by atoms with van der Waals surface area (Å²) in [6.07, 6.45) is -4.31. The van der Waals surface area contributed by atoms with Crippen LogP contribution in [0.3, 0.4) is 0 Å². The number of nitrogens with two attached hydrogens (primary N) is 1. The van der Waals surface area contributed by atoms with Gasteiger partial charge in [0.15, 0.2) is 0 Å². The second-order valence-electron chi connectivity index (χ2n) is 3.62. The van der Waals surface area contributed by atoms with Crippen LogP contribution in [-0.2, 0) is 11.3 Å². The van der Waals surface area contributed by atoms with Gasteiger partial charge >= 0.3 is 6.18 Å². The van der Waals surface area contributed by atoms with E-state index in [1.165, 1.54) is 0 Å². The maximum absolute atomic E-state index is 12.3. The van der Waals surface area contributed by atoms with Crippen LogP contribution in [0.2, 0.25) is 5.02 Å². The van der Waals surface area contributed by atoms with E-state index in [-0.39, 0.29) is 6.61 Å². The minimum absolute atomic E-state index is 0.115. The molecule has 1 rings (SSSR count). The van der Waals surface area contributed by atoms with Gasteiger partial charge in [0.2, 0.25) is 0 Å². The largest absolute Gasteiger partial charge is 0.395 e. The SMILES string of the molecule is NCC(COCc1ccc(Cl)cc1)C(F)(F)F. The van der Waals surface area contributed by atoms with Crippen molar-refractivity contribution in [2.45, 2.75) is 12.8 Å². The third-order valence-corrected chi connectivity index (χ3v) is 2.50. The average Bonchev–Trinajstić information content (AvgIpc) is 2.25. The lowest BCUT2D eigenvalue weighted by atomic mass is 10.1. The molecule has 96 valence electrons. The predicted molar refractivity (Wildman–Crippen MR) is 59.7 cm³/mol. The first kappa shape index (κ1) is 14.3. The smallest absolute Gasteiger partial charge is 0.376 e. The number of ether oxygens (including phenoxy) is 1. The monoisotopic (exact) mass is 267 g/mol. The summed E-state index contributed by atoms with van der Waals surface area (Å²) in [6.45, 7) is -0.781. The lowest BCUT2D eigenvalue weighted by Crippen LogP contribution is -2.33. The van der Waals surface area contributed by atoms with E-state index in [0.29, 0.717) is 5.02 Å². The zero-order valence-corrected chi connectivity index (χ0v) is 9.76. The Bertz CT molecular complexity index is 340. The Balaban J connectivity index is 2.39. The third-order valence-electron chi connectivity index (χ3n) is 2.25. The molecule has 17 heavy (non-hydrogen) atoms. The molecule has 0 heterocycles. The summed E-state index contributed by atoms with van der Waals surface area (Å²) < 4.78 is 42.0. The van der Waals surface area contributed by atoms with Crippen LogP contribution in [0.5, 0.6) is 0 Å². The highest BCUT2D eigenvalue weighted by atomic mass is 35.5. The minimum Gasteiger partial charge on any atom is -0.376 e. The topological polar surface area (TPSA) is 35.2 Å². The Morgan fingerprint density at radius 2 is 1.82 bits per heavy atom. The first-order valence-electron chi connectivity index (χ1n) is 5.02. The molecule has 0 saturated heterocycles. The first-order valence-corrected chi connectivity index (χ1v) is 5.40. The summed E-state index contributed by atoms with van der Waals surface area (Å²) in [6, 6.07) is 6.72. The summed E-state index contributed by atoms with van der Waals surface area (Å²) >= 11 is 5.67. The summed E-state index contributed by atoms with van der Waals surface area (Å²) in [5, 5.41) is 0.573. The summed E-state index contributed by atoms with van der Waals surface area (Å²) in [4.78, 5) is 0. The van der Waals surface area contributed by atoms with Gasteiger partial charge in [0.25, 0.3) is 0 Å². The molecule has 0 saturated carbocycles. The molecule has 0 radical (unpaired) electrons. The molecule has 1 aromatic carbocycles. The zero-order valence-electron chi connectivity index (χ0n) is 9.01. The summed E-state index contributed by atoms with van der Waals surface area (Å²) in [5.74, 6) is -1.62. The van der Waals surface area contributed by atoms with Crippen molar-refractivity contribution < 1.29 is 17.9 Å². The molecule has 1 unspecified atom stereocenters. The number of alkyl halides is 3. The predicted octanol–water partition coefficient (Wildman–Crippen LogP) is 2.99. The Morgan fingerprint density at radius 1 is 1.24 bits per heavy atom. The van der Waals surface area contributed by atoms with E-state index in [2.05, 4.69) is 0 Å². The number of hydrogen-bond donors (Lipinski definition) is 1. The van der Waals surface area contributed by atoms with Gasteiger partial charge in [-0.2, -0.15) is 13.2 Å². The van der Waals surface area contributed by atoms with Gasteiger partial charge in [-0.15, -0.1) is 0 Å². The highest BCUT2D eigenvalue weighted by molar-refractivity contribution is 6.30. The van der Waals surface area contributed by atoms with Crippen LogP contribution >= 0.6 is 11.6 Å². The van der Waals surface area contributed by atoms with Crippen LogP contribution < -0.4 is 5.73 Å². The second-order valence-corrected chi connectivity index (χ2v) is 4.05. The van der Waals surface area contributed by atoms with Crippen molar-refractivity contribution in [2.24, 2.45) is 11.7 Å². The van der Waals surface area contributed by atoms with E-state index in [9.17, 15) is 13.2 Å². The Kier molecular flexibility index (Phi) is 5.24. The fourth-order valence-electron chi connectivity index (χ4n) is 1.20. The van der Waals surface area contributed by atoms with Gasteiger partial charge in [-0.3, -0.25) is 0 Å². The van der Waals surface area contributed by atoms with E-state index < -0.39 is 25.2 Å². The number of halogens is 4. The van der Waals surface area contributed by atoms with Crippen molar-refractivity contribution in [1.29, 1.82) is 0 Å². The molecule has 2 nitrogen and oxygen atoms in total. The number of rotatable bonds is 5. The van der Waals surface area contributed by atoms with Gasteiger partial charge in [-0.25, -0.2) is 0 Å². The molecule has 6 heteroatoms. The van der Waals surface area contributed by atoms with E-state index in [4.69, 9.17) is 22.1 Å². The molecule has 1 atom stereocenters. The van der Waals surface area contributed by atoms with Crippen LogP contribution in [0.4, 0.5) is 13.2 Å². The Labute approximate surface area is 103 Å². The van der Waals surface area contributed by atoms with Crippen molar-refractivity contribution in [3.63, 3.8) is 0 Å². The molecule has 0 aliphatic carbocycles. The fraction of sp³-hybridized carbons (Fsp3) is 0.455. The molecule has 0 fully saturated rings. The average molecular weight is 268 g/mol. The van der Waals surface area contributed by atoms with Crippen LogP contribution in [0, 0.1) is 5.92 Å². The van der Waals surface area contributed by atoms with Crippen LogP contribution in [0.15, 0.2) is 24.3 Å². The highest BCUT2D eigenvalue weighted by Crippen LogP contribution is 2.25. The molecule has 2 N–H and O–H groups in total. The molecule has 1 aromatic rings. The van der Waals surface area contributed by atoms with Crippen molar-refractivity contribution in [1.82, 2.24) is 0 Å². The van der Waals surface area contributed by atoms with Gasteiger partial charge in [-0.05, 0) is 17.7 Å². The molecule has 0 aliphatic heterocycles. The van der Waals surface area contributed by atoms with Gasteiger partial charge in [0, 0.05) is 11.6 Å². The molecule has 0 spiro atoms. The van der Waals surface area contributed by atoms with Crippen LogP contribution in [-0.4, -0.2) is 19.3 Å². The minimum atomic E-state index is -4.31. The quantitative estimate of drug-likeness (QED) is 0.890. The second kappa shape index (κ2) is 6.23. The summed E-state index contributed by atoms with van der Waals surface area (Å²) in [7, 11) is 0. The van der Waals surface area contributed by atoms with Crippen molar-refractivity contribution in [3.05, 3.63) is 34.9 Å². The highest BCUT2D eigenvalue weighted by Gasteiger charge is 2.38. The van der Waals surface area contributed by atoms with E-state index in [0.717, 1.165) is 5.56 Å². The van der Waals surface area contributed by atoms with Crippen molar-refractivity contribution in [3.8, 4) is 0 Å². The molecule has 0 aliphatic rings. The molecule has 0 aromatic heterocycles. The molecular formula is C11H13ClF3NO. The van der Waals surface area contributed by atoms with Crippen LogP contribution in [0.1, 0.15) is 5.56 Å². The van der Waals surface area contributed by atoms with Gasteiger partial charge in [0.1, 0.15) is 0 Å². The molecular weight excluding hydrogens is 255 g/mol. The fourth-order valence-corrected chi connectivity index (χ4v) is 1.32. The number of hydrogen-bond acceptors (Lipinski definition) is 2. The maximum atomic E-state index is 12.3. The lowest BCUT2D eigenvalue weighted by Gasteiger charge is -2.18. The third kappa shape index (κ3) is 4.93. The first-order chi connectivity index (χ1) is 7.93. The van der Waals surface area contributed by atoms with E-state index in [1.54, 1.807) is 24.3 Å². The van der Waals surface area contributed by atoms with Gasteiger partial charge in [-0.1, -0.05) is 23.7 Å². The maximum Gasteiger partial charge on any atom is 0.395 e. The summed E-state index contributed by atoms with van der Waals surface area (Å²) in [5.41, 5.74) is 5.81. The van der Waals surface area contributed by atoms with Gasteiger partial charge in [0.05, 0.1) is 19.1 Å². The van der Waals surface area contributed by atoms with Crippen molar-refractivity contribution in [2.75, 3.05) is 13.2 Å². The zero-order chi connectivity index (χ0) is 12.9. The lowest BCUT2D eigenvalue weighted by molar-refractivity contribution is -0.186. The normalized spacial score (nSPS) is 13.7. The Morgan fingerprint density at radius 3 is 2.29 bits per heavy atom. The van der Waals surface area contributed by atoms with E-state index in [1.807, 2.05) is 0 Å². The Hall–Kier alpha value is -0.780. The standard InChI is InChI=1S/C11H13ClF3NO/c12-10-3-1-8(2-4-10)6-17-7-9(5-16)11(13,14)15/h1-4,9H,5-7,16H2. The van der Waals surface area contributed by atoms with Crippen molar-refractivity contribution >= 4 is 11.6 Å². The van der Waals surface area contributed by atoms with Gasteiger partial charge < -0.3 is 10.5 Å².